The van der Waals surface area contributed by atoms with Crippen LogP contribution in [0.1, 0.15) is 11.9 Å². The van der Waals surface area contributed by atoms with E-state index in [-0.39, 0.29) is 4.90 Å². The van der Waals surface area contributed by atoms with Gasteiger partial charge in [-0.1, -0.05) is 0 Å². The zero-order valence-corrected chi connectivity index (χ0v) is 18.5. The highest BCUT2D eigenvalue weighted by molar-refractivity contribution is 7.90. The van der Waals surface area contributed by atoms with Crippen molar-refractivity contribution in [2.45, 2.75) is 11.8 Å². The molecule has 0 atom stereocenters. The molecule has 0 aliphatic carbocycles. The van der Waals surface area contributed by atoms with Crippen molar-refractivity contribution in [1.29, 1.82) is 5.26 Å². The van der Waals surface area contributed by atoms with Crippen LogP contribution in [0.5, 0.6) is 5.75 Å². The third-order valence-corrected chi connectivity index (χ3v) is 6.34. The lowest BCUT2D eigenvalue weighted by Crippen LogP contribution is -2.34. The van der Waals surface area contributed by atoms with Crippen molar-refractivity contribution in [3.05, 3.63) is 65.1 Å². The molecule has 11 heteroatoms. The monoisotopic (exact) mass is 469 g/mol. The van der Waals surface area contributed by atoms with Gasteiger partial charge in [-0.3, -0.25) is 0 Å². The molecule has 0 unspecified atom stereocenters. The van der Waals surface area contributed by atoms with Gasteiger partial charge in [-0.25, -0.2) is 22.9 Å². The molecule has 0 bridgehead atoms. The van der Waals surface area contributed by atoms with E-state index in [0.717, 1.165) is 17.0 Å². The lowest BCUT2D eigenvalue weighted by atomic mass is 10.2. The molecule has 0 aliphatic heterocycles. The second-order valence-corrected chi connectivity index (χ2v) is 8.84. The van der Waals surface area contributed by atoms with Gasteiger partial charge in [0.15, 0.2) is 0 Å². The van der Waals surface area contributed by atoms with Crippen LogP contribution in [0.2, 0.25) is 0 Å². The molecule has 1 aromatic heterocycles. The quantitative estimate of drug-likeness (QED) is 0.427. The van der Waals surface area contributed by atoms with E-state index in [1.165, 1.54) is 41.8 Å². The maximum absolute atomic E-state index is 11.9. The van der Waals surface area contributed by atoms with Gasteiger partial charge < -0.3 is 15.8 Å². The SMILES string of the molecule is CCOc1ccc(-c2csc(C(C#N)=CNc3ccc(S(=O)(=O)NC(N)=O)cc3)n2)cc1. The van der Waals surface area contributed by atoms with Crippen LogP contribution in [0.4, 0.5) is 10.5 Å². The first-order valence-electron chi connectivity index (χ1n) is 9.30. The number of anilines is 1. The van der Waals surface area contributed by atoms with E-state index in [2.05, 4.69) is 16.4 Å². The fraction of sp³-hybridized carbons (Fsp3) is 0.0952. The van der Waals surface area contributed by atoms with Crippen molar-refractivity contribution >= 4 is 38.7 Å². The summed E-state index contributed by atoms with van der Waals surface area (Å²) >= 11 is 1.33. The fourth-order valence-electron chi connectivity index (χ4n) is 2.64. The normalized spacial score (nSPS) is 11.4. The van der Waals surface area contributed by atoms with Gasteiger partial charge in [-0.05, 0) is 55.5 Å². The summed E-state index contributed by atoms with van der Waals surface area (Å²) in [6, 6.07) is 14.1. The molecule has 3 aromatic rings. The molecule has 2 amide bonds. The molecule has 0 spiro atoms. The van der Waals surface area contributed by atoms with Gasteiger partial charge in [0, 0.05) is 22.8 Å². The number of sulfonamides is 1. The number of hydrogen-bond acceptors (Lipinski definition) is 8. The Kier molecular flexibility index (Phi) is 7.09. The number of allylic oxidation sites excluding steroid dienone is 1. The van der Waals surface area contributed by atoms with E-state index in [1.807, 2.05) is 36.6 Å². The molecule has 4 N–H and O–H groups in total. The Labute approximate surface area is 189 Å². The Morgan fingerprint density at radius 2 is 1.91 bits per heavy atom. The Bertz CT molecular complexity index is 1270. The summed E-state index contributed by atoms with van der Waals surface area (Å²) in [7, 11) is -4.02. The molecular weight excluding hydrogens is 450 g/mol. The first kappa shape index (κ1) is 22.8. The summed E-state index contributed by atoms with van der Waals surface area (Å²) in [4.78, 5) is 15.2. The summed E-state index contributed by atoms with van der Waals surface area (Å²) in [5.74, 6) is 0.776. The fourth-order valence-corrected chi connectivity index (χ4v) is 4.31. The number of ether oxygens (including phenoxy) is 1. The number of amides is 2. The molecule has 0 saturated heterocycles. The zero-order chi connectivity index (χ0) is 23.1. The summed E-state index contributed by atoms with van der Waals surface area (Å²) in [6.45, 7) is 2.51. The van der Waals surface area contributed by atoms with Crippen LogP contribution in [0, 0.1) is 11.3 Å². The van der Waals surface area contributed by atoms with Crippen LogP contribution in [0.15, 0.2) is 65.0 Å². The van der Waals surface area contributed by atoms with E-state index < -0.39 is 16.1 Å². The van der Waals surface area contributed by atoms with Gasteiger partial charge in [0.25, 0.3) is 10.0 Å². The summed E-state index contributed by atoms with van der Waals surface area (Å²) in [6.07, 6.45) is 1.49. The van der Waals surface area contributed by atoms with Gasteiger partial charge in [-0.15, -0.1) is 11.3 Å². The molecular formula is C21H19N5O4S2. The van der Waals surface area contributed by atoms with Crippen molar-refractivity contribution in [2.75, 3.05) is 11.9 Å². The maximum Gasteiger partial charge on any atom is 0.326 e. The predicted molar refractivity (Wildman–Crippen MR) is 122 cm³/mol. The van der Waals surface area contributed by atoms with E-state index in [9.17, 15) is 18.5 Å². The number of nitrogens with zero attached hydrogens (tertiary/aromatic N) is 2. The second kappa shape index (κ2) is 9.95. The smallest absolute Gasteiger partial charge is 0.326 e. The first-order valence-corrected chi connectivity index (χ1v) is 11.7. The highest BCUT2D eigenvalue weighted by Crippen LogP contribution is 2.27. The third kappa shape index (κ3) is 5.63. The number of thiazole rings is 1. The molecule has 0 saturated carbocycles. The number of rotatable bonds is 8. The number of primary amides is 1. The number of carbonyl (C=O) groups is 1. The van der Waals surface area contributed by atoms with Crippen molar-refractivity contribution < 1.29 is 17.9 Å². The van der Waals surface area contributed by atoms with E-state index >= 15 is 0 Å². The Morgan fingerprint density at radius 3 is 2.50 bits per heavy atom. The number of benzene rings is 2. The minimum Gasteiger partial charge on any atom is -0.494 e. The molecule has 0 fully saturated rings. The van der Waals surface area contributed by atoms with Crippen LogP contribution >= 0.6 is 11.3 Å². The summed E-state index contributed by atoms with van der Waals surface area (Å²) < 4.78 is 31.0. The van der Waals surface area contributed by atoms with Crippen LogP contribution in [0.3, 0.4) is 0 Å². The minimum atomic E-state index is -4.02. The molecule has 1 heterocycles. The number of nitrogens with two attached hydrogens (primary N) is 1. The third-order valence-electron chi connectivity index (χ3n) is 4.10. The molecule has 9 nitrogen and oxygen atoms in total. The Hall–Kier alpha value is -3.88. The lowest BCUT2D eigenvalue weighted by Gasteiger charge is -2.06. The van der Waals surface area contributed by atoms with Gasteiger partial charge in [-0.2, -0.15) is 5.26 Å². The number of nitriles is 1. The van der Waals surface area contributed by atoms with Gasteiger partial charge in [0.1, 0.15) is 22.4 Å². The summed E-state index contributed by atoms with van der Waals surface area (Å²) in [5, 5.41) is 14.9. The number of hydrogen-bond donors (Lipinski definition) is 3. The first-order chi connectivity index (χ1) is 15.3. The van der Waals surface area contributed by atoms with Crippen molar-refractivity contribution in [3.63, 3.8) is 0 Å². The van der Waals surface area contributed by atoms with Crippen molar-refractivity contribution in [3.8, 4) is 23.1 Å². The number of carbonyl (C=O) groups excluding carboxylic acids is 1. The predicted octanol–water partition coefficient (Wildman–Crippen LogP) is 3.54. The molecule has 0 radical (unpaired) electrons. The van der Waals surface area contributed by atoms with E-state index in [4.69, 9.17) is 10.5 Å². The lowest BCUT2D eigenvalue weighted by molar-refractivity contribution is 0.253. The van der Waals surface area contributed by atoms with Gasteiger partial charge in [0.2, 0.25) is 0 Å². The topological polar surface area (TPSA) is 147 Å². The van der Waals surface area contributed by atoms with Crippen LogP contribution in [0.25, 0.3) is 16.8 Å². The second-order valence-electron chi connectivity index (χ2n) is 6.30. The van der Waals surface area contributed by atoms with Crippen LogP contribution < -0.4 is 20.5 Å². The highest BCUT2D eigenvalue weighted by Gasteiger charge is 2.15. The van der Waals surface area contributed by atoms with Gasteiger partial charge >= 0.3 is 6.03 Å². The number of nitrogens with one attached hydrogen (secondary N) is 2. The zero-order valence-electron chi connectivity index (χ0n) is 16.9. The molecule has 3 rings (SSSR count). The Morgan fingerprint density at radius 1 is 1.22 bits per heavy atom. The van der Waals surface area contributed by atoms with Crippen LogP contribution in [-0.2, 0) is 10.0 Å². The highest BCUT2D eigenvalue weighted by atomic mass is 32.2. The standard InChI is InChI=1S/C21H19N5O4S2/c1-2-30-17-7-3-14(4-8-17)19-13-31-20(25-19)15(11-22)12-24-16-5-9-18(10-6-16)32(28,29)26-21(23)27/h3-10,12-13,24H,2H2,1H3,(H3,23,26,27). The average molecular weight is 470 g/mol. The van der Waals surface area contributed by atoms with Crippen molar-refractivity contribution in [1.82, 2.24) is 9.71 Å². The number of aromatic nitrogens is 1. The molecule has 2 aromatic carbocycles. The van der Waals surface area contributed by atoms with Crippen LogP contribution in [-0.4, -0.2) is 26.0 Å². The van der Waals surface area contributed by atoms with Gasteiger partial charge in [0.05, 0.1) is 17.2 Å². The van der Waals surface area contributed by atoms with E-state index in [1.54, 1.807) is 4.72 Å². The molecule has 0 aliphatic rings. The van der Waals surface area contributed by atoms with Crippen molar-refractivity contribution in [2.24, 2.45) is 5.73 Å². The largest absolute Gasteiger partial charge is 0.494 e. The molecule has 164 valence electrons. The average Bonchev–Trinajstić information content (AvgIpc) is 3.24. The minimum absolute atomic E-state index is 0.119. The maximum atomic E-state index is 11.9. The molecule has 32 heavy (non-hydrogen) atoms. The summed E-state index contributed by atoms with van der Waals surface area (Å²) in [5.41, 5.74) is 7.37. The van der Waals surface area contributed by atoms with E-state index in [0.29, 0.717) is 22.9 Å². The number of urea groups is 1. The Balaban J connectivity index is 1.73.